The van der Waals surface area contributed by atoms with Crippen LogP contribution < -0.4 is 5.73 Å². The summed E-state index contributed by atoms with van der Waals surface area (Å²) < 4.78 is 0. The number of aryl methyl sites for hydroxylation is 2. The van der Waals surface area contributed by atoms with Gasteiger partial charge in [0.05, 0.1) is 11.5 Å². The van der Waals surface area contributed by atoms with E-state index in [9.17, 15) is 0 Å². The molecule has 0 saturated heterocycles. The SMILES string of the molecule is Cc1ccc(C)c(C(N)C2(C#N)CC2)c1. The minimum absolute atomic E-state index is 0.123. The first-order valence-corrected chi connectivity index (χ1v) is 5.33. The number of benzene rings is 1. The van der Waals surface area contributed by atoms with Gasteiger partial charge in [-0.25, -0.2) is 0 Å². The maximum Gasteiger partial charge on any atom is 0.0767 e. The summed E-state index contributed by atoms with van der Waals surface area (Å²) in [6.07, 6.45) is 1.89. The Morgan fingerprint density at radius 3 is 2.60 bits per heavy atom. The highest BCUT2D eigenvalue weighted by Crippen LogP contribution is 2.53. The highest BCUT2D eigenvalue weighted by atomic mass is 14.7. The minimum atomic E-state index is -0.279. The summed E-state index contributed by atoms with van der Waals surface area (Å²) in [5.41, 5.74) is 9.44. The number of hydrogen-bond acceptors (Lipinski definition) is 2. The van der Waals surface area contributed by atoms with Crippen molar-refractivity contribution in [2.75, 3.05) is 0 Å². The Morgan fingerprint density at radius 1 is 1.40 bits per heavy atom. The molecule has 2 heteroatoms. The molecule has 0 amide bonds. The summed E-state index contributed by atoms with van der Waals surface area (Å²) in [6.45, 7) is 4.11. The molecule has 0 spiro atoms. The molecule has 0 aromatic heterocycles. The smallest absolute Gasteiger partial charge is 0.0767 e. The van der Waals surface area contributed by atoms with Gasteiger partial charge in [-0.15, -0.1) is 0 Å². The molecule has 0 bridgehead atoms. The van der Waals surface area contributed by atoms with Gasteiger partial charge in [0.25, 0.3) is 0 Å². The molecule has 1 fully saturated rings. The normalized spacial score (nSPS) is 19.3. The van der Waals surface area contributed by atoms with E-state index >= 15 is 0 Å². The van der Waals surface area contributed by atoms with Crippen LogP contribution >= 0.6 is 0 Å². The molecule has 1 saturated carbocycles. The fourth-order valence-electron chi connectivity index (χ4n) is 2.02. The molecule has 78 valence electrons. The van der Waals surface area contributed by atoms with Crippen LogP contribution in [0.3, 0.4) is 0 Å². The van der Waals surface area contributed by atoms with Crippen molar-refractivity contribution in [3.05, 3.63) is 34.9 Å². The fraction of sp³-hybridized carbons (Fsp3) is 0.462. The Balaban J connectivity index is 2.38. The first-order chi connectivity index (χ1) is 7.09. The average Bonchev–Trinajstić information content (AvgIpc) is 3.01. The van der Waals surface area contributed by atoms with Crippen LogP contribution in [-0.2, 0) is 0 Å². The number of nitrogens with zero attached hydrogens (tertiary/aromatic N) is 1. The van der Waals surface area contributed by atoms with Gasteiger partial charge in [-0.3, -0.25) is 0 Å². The molecule has 2 N–H and O–H groups in total. The molecular weight excluding hydrogens is 184 g/mol. The molecule has 1 aliphatic carbocycles. The van der Waals surface area contributed by atoms with Crippen LogP contribution in [0.2, 0.25) is 0 Å². The standard InChI is InChI=1S/C13H16N2/c1-9-3-4-10(2)11(7-9)12(15)13(8-14)5-6-13/h3-4,7,12H,5-6,15H2,1-2H3. The van der Waals surface area contributed by atoms with E-state index in [0.717, 1.165) is 18.4 Å². The number of hydrogen-bond donors (Lipinski definition) is 1. The van der Waals surface area contributed by atoms with Crippen LogP contribution in [-0.4, -0.2) is 0 Å². The van der Waals surface area contributed by atoms with Crippen molar-refractivity contribution in [1.82, 2.24) is 0 Å². The van der Waals surface area contributed by atoms with Crippen molar-refractivity contribution in [3.8, 4) is 6.07 Å². The van der Waals surface area contributed by atoms with Gasteiger partial charge in [0.15, 0.2) is 0 Å². The van der Waals surface area contributed by atoms with Gasteiger partial charge in [0.1, 0.15) is 0 Å². The van der Waals surface area contributed by atoms with Crippen LogP contribution in [0, 0.1) is 30.6 Å². The summed E-state index contributed by atoms with van der Waals surface area (Å²) in [5, 5.41) is 9.12. The summed E-state index contributed by atoms with van der Waals surface area (Å²) in [7, 11) is 0. The third kappa shape index (κ3) is 1.64. The van der Waals surface area contributed by atoms with Gasteiger partial charge in [0.2, 0.25) is 0 Å². The number of nitriles is 1. The molecule has 2 rings (SSSR count). The van der Waals surface area contributed by atoms with E-state index in [1.165, 1.54) is 11.1 Å². The largest absolute Gasteiger partial charge is 0.323 e. The molecular formula is C13H16N2. The van der Waals surface area contributed by atoms with Crippen molar-refractivity contribution >= 4 is 0 Å². The molecule has 1 aromatic carbocycles. The molecule has 1 aliphatic rings. The average molecular weight is 200 g/mol. The summed E-state index contributed by atoms with van der Waals surface area (Å²) in [6, 6.07) is 8.52. The van der Waals surface area contributed by atoms with Crippen LogP contribution in [0.4, 0.5) is 0 Å². The van der Waals surface area contributed by atoms with Gasteiger partial charge in [-0.2, -0.15) is 5.26 Å². The second-order valence-corrected chi connectivity index (χ2v) is 4.61. The van der Waals surface area contributed by atoms with E-state index < -0.39 is 0 Å². The van der Waals surface area contributed by atoms with Crippen molar-refractivity contribution in [1.29, 1.82) is 5.26 Å². The topological polar surface area (TPSA) is 49.8 Å². The van der Waals surface area contributed by atoms with Gasteiger partial charge >= 0.3 is 0 Å². The number of rotatable bonds is 2. The Hall–Kier alpha value is -1.33. The summed E-state index contributed by atoms with van der Waals surface area (Å²) >= 11 is 0. The van der Waals surface area contributed by atoms with Crippen molar-refractivity contribution in [2.24, 2.45) is 11.1 Å². The molecule has 0 heterocycles. The van der Waals surface area contributed by atoms with Crippen LogP contribution in [0.15, 0.2) is 18.2 Å². The quantitative estimate of drug-likeness (QED) is 0.797. The number of nitrogens with two attached hydrogens (primary N) is 1. The Bertz CT molecular complexity index is 425. The maximum absolute atomic E-state index is 9.12. The van der Waals surface area contributed by atoms with Gasteiger partial charge in [-0.1, -0.05) is 23.8 Å². The summed E-state index contributed by atoms with van der Waals surface area (Å²) in [5.74, 6) is 0. The van der Waals surface area contributed by atoms with Gasteiger partial charge < -0.3 is 5.73 Å². The monoisotopic (exact) mass is 200 g/mol. The van der Waals surface area contributed by atoms with Crippen LogP contribution in [0.25, 0.3) is 0 Å². The Kier molecular flexibility index (Phi) is 2.28. The predicted molar refractivity (Wildman–Crippen MR) is 60.1 cm³/mol. The highest BCUT2D eigenvalue weighted by molar-refractivity contribution is 5.37. The van der Waals surface area contributed by atoms with Crippen LogP contribution in [0.1, 0.15) is 35.6 Å². The first kappa shape index (κ1) is 10.2. The van der Waals surface area contributed by atoms with E-state index in [4.69, 9.17) is 11.0 Å². The lowest BCUT2D eigenvalue weighted by Gasteiger charge is -2.19. The van der Waals surface area contributed by atoms with Crippen LogP contribution in [0.5, 0.6) is 0 Å². The van der Waals surface area contributed by atoms with E-state index in [0.29, 0.717) is 0 Å². The second kappa shape index (κ2) is 3.36. The van der Waals surface area contributed by atoms with E-state index in [2.05, 4.69) is 38.1 Å². The lowest BCUT2D eigenvalue weighted by atomic mass is 9.88. The van der Waals surface area contributed by atoms with Crippen molar-refractivity contribution in [2.45, 2.75) is 32.7 Å². The van der Waals surface area contributed by atoms with Crippen molar-refractivity contribution < 1.29 is 0 Å². The first-order valence-electron chi connectivity index (χ1n) is 5.33. The molecule has 1 atom stereocenters. The zero-order valence-electron chi connectivity index (χ0n) is 9.25. The Morgan fingerprint density at radius 2 is 2.07 bits per heavy atom. The summed E-state index contributed by atoms with van der Waals surface area (Å²) in [4.78, 5) is 0. The van der Waals surface area contributed by atoms with E-state index in [1.54, 1.807) is 0 Å². The lowest BCUT2D eigenvalue weighted by Crippen LogP contribution is -2.22. The molecule has 1 aromatic rings. The zero-order chi connectivity index (χ0) is 11.1. The van der Waals surface area contributed by atoms with E-state index in [1.807, 2.05) is 0 Å². The second-order valence-electron chi connectivity index (χ2n) is 4.61. The van der Waals surface area contributed by atoms with E-state index in [-0.39, 0.29) is 11.5 Å². The van der Waals surface area contributed by atoms with Gasteiger partial charge in [-0.05, 0) is 37.8 Å². The highest BCUT2D eigenvalue weighted by Gasteiger charge is 2.49. The third-order valence-corrected chi connectivity index (χ3v) is 3.38. The zero-order valence-corrected chi connectivity index (χ0v) is 9.25. The fourth-order valence-corrected chi connectivity index (χ4v) is 2.02. The molecule has 2 nitrogen and oxygen atoms in total. The molecule has 0 radical (unpaired) electrons. The Labute approximate surface area is 90.7 Å². The van der Waals surface area contributed by atoms with Crippen molar-refractivity contribution in [3.63, 3.8) is 0 Å². The molecule has 15 heavy (non-hydrogen) atoms. The minimum Gasteiger partial charge on any atom is -0.323 e. The molecule has 1 unspecified atom stereocenters. The maximum atomic E-state index is 9.12. The predicted octanol–water partition coefficient (Wildman–Crippen LogP) is 2.61. The lowest BCUT2D eigenvalue weighted by molar-refractivity contribution is 0.517. The van der Waals surface area contributed by atoms with Gasteiger partial charge in [0, 0.05) is 6.04 Å². The molecule has 0 aliphatic heterocycles. The third-order valence-electron chi connectivity index (χ3n) is 3.38.